The van der Waals surface area contributed by atoms with Gasteiger partial charge in [-0.15, -0.1) is 0 Å². The van der Waals surface area contributed by atoms with Gasteiger partial charge in [-0.05, 0) is 48.9 Å². The van der Waals surface area contributed by atoms with E-state index in [-0.39, 0.29) is 11.7 Å². The molecule has 1 amide bonds. The van der Waals surface area contributed by atoms with Crippen LogP contribution in [0.15, 0.2) is 40.9 Å². The second kappa shape index (κ2) is 5.32. The number of halogens is 1. The van der Waals surface area contributed by atoms with Crippen LogP contribution in [0.4, 0.5) is 11.4 Å². The Balaban J connectivity index is 2.25. The summed E-state index contributed by atoms with van der Waals surface area (Å²) < 4.78 is 0.750. The summed E-state index contributed by atoms with van der Waals surface area (Å²) in [5, 5.41) is 12.1. The van der Waals surface area contributed by atoms with Crippen molar-refractivity contribution in [2.75, 3.05) is 11.1 Å². The average Bonchev–Trinajstić information content (AvgIpc) is 2.31. The molecule has 0 spiro atoms. The van der Waals surface area contributed by atoms with Crippen LogP contribution >= 0.6 is 15.9 Å². The van der Waals surface area contributed by atoms with Crippen LogP contribution < -0.4 is 11.1 Å². The zero-order valence-corrected chi connectivity index (χ0v) is 11.9. The highest BCUT2D eigenvalue weighted by molar-refractivity contribution is 9.10. The van der Waals surface area contributed by atoms with Crippen molar-refractivity contribution in [2.24, 2.45) is 0 Å². The number of carbonyl (C=O) groups excluding carboxylic acids is 1. The molecule has 0 fully saturated rings. The Bertz CT molecular complexity index is 621. The summed E-state index contributed by atoms with van der Waals surface area (Å²) in [5.41, 5.74) is 8.13. The Labute approximate surface area is 119 Å². The van der Waals surface area contributed by atoms with Crippen LogP contribution in [-0.2, 0) is 0 Å². The van der Waals surface area contributed by atoms with E-state index in [1.165, 1.54) is 6.07 Å². The number of rotatable bonds is 2. The molecule has 0 aliphatic heterocycles. The fraction of sp³-hybridized carbons (Fsp3) is 0.0714. The SMILES string of the molecule is Cc1cc(O)ccc1NC(=O)c1cc(N)cc(Br)c1. The molecule has 2 aromatic rings. The Morgan fingerprint density at radius 1 is 1.26 bits per heavy atom. The lowest BCUT2D eigenvalue weighted by atomic mass is 10.1. The molecule has 4 N–H and O–H groups in total. The number of hydrogen-bond acceptors (Lipinski definition) is 3. The number of amides is 1. The Morgan fingerprint density at radius 3 is 2.63 bits per heavy atom. The van der Waals surface area contributed by atoms with Crippen LogP contribution in [0.25, 0.3) is 0 Å². The van der Waals surface area contributed by atoms with E-state index in [0.29, 0.717) is 16.9 Å². The summed E-state index contributed by atoms with van der Waals surface area (Å²) in [6, 6.07) is 9.80. The van der Waals surface area contributed by atoms with Gasteiger partial charge in [-0.1, -0.05) is 15.9 Å². The quantitative estimate of drug-likeness (QED) is 0.587. The summed E-state index contributed by atoms with van der Waals surface area (Å²) in [7, 11) is 0. The molecule has 0 saturated heterocycles. The van der Waals surface area contributed by atoms with Gasteiger partial charge in [0.15, 0.2) is 0 Å². The molecular weight excluding hydrogens is 308 g/mol. The van der Waals surface area contributed by atoms with Crippen LogP contribution in [0.2, 0.25) is 0 Å². The van der Waals surface area contributed by atoms with Crippen LogP contribution in [0.3, 0.4) is 0 Å². The lowest BCUT2D eigenvalue weighted by molar-refractivity contribution is 0.102. The van der Waals surface area contributed by atoms with Gasteiger partial charge >= 0.3 is 0 Å². The lowest BCUT2D eigenvalue weighted by Gasteiger charge is -2.09. The Hall–Kier alpha value is -2.01. The number of nitrogen functional groups attached to an aromatic ring is 1. The minimum absolute atomic E-state index is 0.169. The smallest absolute Gasteiger partial charge is 0.255 e. The maximum atomic E-state index is 12.1. The number of aromatic hydroxyl groups is 1. The largest absolute Gasteiger partial charge is 0.508 e. The first-order chi connectivity index (χ1) is 8.95. The van der Waals surface area contributed by atoms with Crippen LogP contribution in [0.1, 0.15) is 15.9 Å². The molecule has 0 aliphatic carbocycles. The molecule has 4 nitrogen and oxygen atoms in total. The van der Waals surface area contributed by atoms with E-state index >= 15 is 0 Å². The Kier molecular flexibility index (Phi) is 3.76. The maximum absolute atomic E-state index is 12.1. The molecule has 0 saturated carbocycles. The highest BCUT2D eigenvalue weighted by atomic mass is 79.9. The number of aryl methyl sites for hydroxylation is 1. The number of phenolic OH excluding ortho intramolecular Hbond substituents is 1. The van der Waals surface area contributed by atoms with Crippen molar-refractivity contribution in [3.05, 3.63) is 52.0 Å². The van der Waals surface area contributed by atoms with Gasteiger partial charge in [0.1, 0.15) is 5.75 Å². The number of anilines is 2. The van der Waals surface area contributed by atoms with Crippen LogP contribution in [0, 0.1) is 6.92 Å². The highest BCUT2D eigenvalue weighted by Gasteiger charge is 2.09. The van der Waals surface area contributed by atoms with Gasteiger partial charge < -0.3 is 16.2 Å². The van der Waals surface area contributed by atoms with E-state index in [9.17, 15) is 9.90 Å². The number of benzene rings is 2. The van der Waals surface area contributed by atoms with Crippen molar-refractivity contribution in [3.63, 3.8) is 0 Å². The summed E-state index contributed by atoms with van der Waals surface area (Å²) in [4.78, 5) is 12.1. The van der Waals surface area contributed by atoms with E-state index in [2.05, 4.69) is 21.2 Å². The average molecular weight is 321 g/mol. The third kappa shape index (κ3) is 3.26. The van der Waals surface area contributed by atoms with Gasteiger partial charge in [-0.2, -0.15) is 0 Å². The molecule has 5 heteroatoms. The summed E-state index contributed by atoms with van der Waals surface area (Å²) >= 11 is 3.30. The van der Waals surface area contributed by atoms with Gasteiger partial charge in [0.05, 0.1) is 0 Å². The third-order valence-electron chi connectivity index (χ3n) is 2.64. The standard InChI is InChI=1S/C14H13BrN2O2/c1-8-4-12(18)2-3-13(8)17-14(19)9-5-10(15)7-11(16)6-9/h2-7,18H,16H2,1H3,(H,17,19). The van der Waals surface area contributed by atoms with Crippen molar-refractivity contribution >= 4 is 33.2 Å². The first-order valence-electron chi connectivity index (χ1n) is 5.63. The molecule has 0 unspecified atom stereocenters. The summed E-state index contributed by atoms with van der Waals surface area (Å²) in [6.45, 7) is 1.81. The van der Waals surface area contributed by atoms with Gasteiger partial charge in [-0.25, -0.2) is 0 Å². The second-order valence-electron chi connectivity index (χ2n) is 4.23. The van der Waals surface area contributed by atoms with E-state index in [1.807, 2.05) is 6.92 Å². The normalized spacial score (nSPS) is 10.2. The zero-order valence-electron chi connectivity index (χ0n) is 10.3. The number of nitrogens with two attached hydrogens (primary N) is 1. The fourth-order valence-corrected chi connectivity index (χ4v) is 2.24. The van der Waals surface area contributed by atoms with Crippen molar-refractivity contribution in [1.82, 2.24) is 0 Å². The van der Waals surface area contributed by atoms with Gasteiger partial charge in [0.2, 0.25) is 0 Å². The van der Waals surface area contributed by atoms with Crippen molar-refractivity contribution < 1.29 is 9.90 Å². The molecule has 2 aromatic carbocycles. The van der Waals surface area contributed by atoms with E-state index < -0.39 is 0 Å². The minimum Gasteiger partial charge on any atom is -0.508 e. The molecule has 0 bridgehead atoms. The van der Waals surface area contributed by atoms with Crippen molar-refractivity contribution in [1.29, 1.82) is 0 Å². The van der Waals surface area contributed by atoms with Crippen molar-refractivity contribution in [2.45, 2.75) is 6.92 Å². The number of carbonyl (C=O) groups is 1. The van der Waals surface area contributed by atoms with Crippen molar-refractivity contribution in [3.8, 4) is 5.75 Å². The molecule has 2 rings (SSSR count). The predicted molar refractivity (Wildman–Crippen MR) is 79.4 cm³/mol. The minimum atomic E-state index is -0.248. The molecule has 98 valence electrons. The van der Waals surface area contributed by atoms with E-state index in [1.54, 1.807) is 30.3 Å². The summed E-state index contributed by atoms with van der Waals surface area (Å²) in [5.74, 6) is -0.0796. The number of nitrogens with one attached hydrogen (secondary N) is 1. The topological polar surface area (TPSA) is 75.3 Å². The molecule has 0 aromatic heterocycles. The third-order valence-corrected chi connectivity index (χ3v) is 3.10. The predicted octanol–water partition coefficient (Wildman–Crippen LogP) is 3.30. The number of phenols is 1. The van der Waals surface area contributed by atoms with Gasteiger partial charge in [0, 0.05) is 21.4 Å². The van der Waals surface area contributed by atoms with E-state index in [4.69, 9.17) is 5.73 Å². The lowest BCUT2D eigenvalue weighted by Crippen LogP contribution is -2.13. The molecule has 0 atom stereocenters. The molecule has 0 radical (unpaired) electrons. The van der Waals surface area contributed by atoms with Crippen LogP contribution in [-0.4, -0.2) is 11.0 Å². The van der Waals surface area contributed by atoms with Gasteiger partial charge in [-0.3, -0.25) is 4.79 Å². The number of hydrogen-bond donors (Lipinski definition) is 3. The first kappa shape index (κ1) is 13.4. The monoisotopic (exact) mass is 320 g/mol. The fourth-order valence-electron chi connectivity index (χ4n) is 1.73. The summed E-state index contributed by atoms with van der Waals surface area (Å²) in [6.07, 6.45) is 0. The zero-order chi connectivity index (χ0) is 14.0. The highest BCUT2D eigenvalue weighted by Crippen LogP contribution is 2.22. The van der Waals surface area contributed by atoms with E-state index in [0.717, 1.165) is 10.0 Å². The van der Waals surface area contributed by atoms with Crippen LogP contribution in [0.5, 0.6) is 5.75 Å². The molecule has 0 heterocycles. The second-order valence-corrected chi connectivity index (χ2v) is 5.14. The Morgan fingerprint density at radius 2 is 2.00 bits per heavy atom. The maximum Gasteiger partial charge on any atom is 0.255 e. The van der Waals surface area contributed by atoms with Gasteiger partial charge in [0.25, 0.3) is 5.91 Å². The first-order valence-corrected chi connectivity index (χ1v) is 6.42. The molecule has 0 aliphatic rings. The molecule has 19 heavy (non-hydrogen) atoms. The molecular formula is C14H13BrN2O2.